The molecular weight excluding hydrogens is 260 g/mol. The van der Waals surface area contributed by atoms with Gasteiger partial charge in [0.25, 0.3) is 0 Å². The van der Waals surface area contributed by atoms with Crippen LogP contribution in [0.4, 0.5) is 0 Å². The van der Waals surface area contributed by atoms with Crippen LogP contribution in [0.25, 0.3) is 0 Å². The number of nitrogens with zero attached hydrogens (tertiary/aromatic N) is 2. The van der Waals surface area contributed by atoms with Gasteiger partial charge >= 0.3 is 0 Å². The van der Waals surface area contributed by atoms with Gasteiger partial charge in [-0.25, -0.2) is 0 Å². The fourth-order valence-corrected chi connectivity index (χ4v) is 2.24. The van der Waals surface area contributed by atoms with Crippen molar-refractivity contribution in [2.45, 2.75) is 27.3 Å². The predicted octanol–water partition coefficient (Wildman–Crippen LogP) is 3.40. The zero-order valence-corrected chi connectivity index (χ0v) is 13.0. The van der Waals surface area contributed by atoms with Crippen LogP contribution in [0, 0.1) is 13.8 Å². The van der Waals surface area contributed by atoms with E-state index < -0.39 is 0 Å². The van der Waals surface area contributed by atoms with Crippen molar-refractivity contribution in [3.05, 3.63) is 65.0 Å². The van der Waals surface area contributed by atoms with Crippen LogP contribution < -0.4 is 0 Å². The number of carbonyl (C=O) groups is 1. The summed E-state index contributed by atoms with van der Waals surface area (Å²) in [4.78, 5) is 18.6. The SMILES string of the molecule is CCN(CC(=O)c1ccc(C)c(C)c1)Cc1ccncc1. The number of hydrogen-bond donors (Lipinski definition) is 0. The Balaban J connectivity index is 2.04. The van der Waals surface area contributed by atoms with E-state index >= 15 is 0 Å². The van der Waals surface area contributed by atoms with Crippen molar-refractivity contribution in [2.75, 3.05) is 13.1 Å². The number of carbonyl (C=O) groups excluding carboxylic acids is 1. The van der Waals surface area contributed by atoms with E-state index in [1.54, 1.807) is 12.4 Å². The van der Waals surface area contributed by atoms with Gasteiger partial charge < -0.3 is 0 Å². The van der Waals surface area contributed by atoms with E-state index in [-0.39, 0.29) is 5.78 Å². The van der Waals surface area contributed by atoms with E-state index in [1.807, 2.05) is 37.3 Å². The summed E-state index contributed by atoms with van der Waals surface area (Å²) in [5.41, 5.74) is 4.36. The number of aryl methyl sites for hydroxylation is 2. The monoisotopic (exact) mass is 282 g/mol. The van der Waals surface area contributed by atoms with E-state index in [0.29, 0.717) is 6.54 Å². The highest BCUT2D eigenvalue weighted by Gasteiger charge is 2.12. The lowest BCUT2D eigenvalue weighted by Gasteiger charge is -2.19. The van der Waals surface area contributed by atoms with E-state index in [1.165, 1.54) is 11.1 Å². The lowest BCUT2D eigenvalue weighted by atomic mass is 10.0. The molecule has 1 aromatic carbocycles. The highest BCUT2D eigenvalue weighted by atomic mass is 16.1. The van der Waals surface area contributed by atoms with E-state index in [2.05, 4.69) is 23.7 Å². The second-order valence-corrected chi connectivity index (χ2v) is 5.38. The third-order valence-electron chi connectivity index (χ3n) is 3.80. The lowest BCUT2D eigenvalue weighted by Crippen LogP contribution is -2.29. The fourth-order valence-electron chi connectivity index (χ4n) is 2.24. The number of rotatable bonds is 6. The first-order chi connectivity index (χ1) is 10.1. The van der Waals surface area contributed by atoms with Gasteiger partial charge in [-0.05, 0) is 55.3 Å². The summed E-state index contributed by atoms with van der Waals surface area (Å²) in [6, 6.07) is 9.90. The summed E-state index contributed by atoms with van der Waals surface area (Å²) in [6.07, 6.45) is 3.57. The molecule has 0 radical (unpaired) electrons. The number of aromatic nitrogens is 1. The maximum absolute atomic E-state index is 12.4. The Kier molecular flexibility index (Phi) is 5.23. The molecule has 0 spiro atoms. The van der Waals surface area contributed by atoms with Crippen LogP contribution in [0.1, 0.15) is 34.0 Å². The molecule has 1 aromatic heterocycles. The minimum absolute atomic E-state index is 0.175. The molecule has 0 unspecified atom stereocenters. The fraction of sp³-hybridized carbons (Fsp3) is 0.333. The topological polar surface area (TPSA) is 33.2 Å². The van der Waals surface area contributed by atoms with Gasteiger partial charge in [0.1, 0.15) is 0 Å². The number of pyridine rings is 1. The summed E-state index contributed by atoms with van der Waals surface area (Å²) in [6.45, 7) is 8.25. The van der Waals surface area contributed by atoms with Crippen molar-refractivity contribution in [2.24, 2.45) is 0 Å². The van der Waals surface area contributed by atoms with Gasteiger partial charge in [0, 0.05) is 24.5 Å². The second-order valence-electron chi connectivity index (χ2n) is 5.38. The molecule has 0 atom stereocenters. The molecule has 0 bridgehead atoms. The molecule has 2 aromatic rings. The highest BCUT2D eigenvalue weighted by molar-refractivity contribution is 5.97. The van der Waals surface area contributed by atoms with Crippen LogP contribution in [0.15, 0.2) is 42.7 Å². The Bertz CT molecular complexity index is 608. The molecule has 0 saturated carbocycles. The molecule has 0 N–H and O–H groups in total. The molecule has 21 heavy (non-hydrogen) atoms. The molecule has 0 amide bonds. The largest absolute Gasteiger partial charge is 0.293 e. The molecule has 0 aliphatic carbocycles. The van der Waals surface area contributed by atoms with Crippen molar-refractivity contribution in [3.63, 3.8) is 0 Å². The summed E-state index contributed by atoms with van der Waals surface area (Å²) in [5.74, 6) is 0.175. The quantitative estimate of drug-likeness (QED) is 0.761. The smallest absolute Gasteiger partial charge is 0.176 e. The summed E-state index contributed by atoms with van der Waals surface area (Å²) >= 11 is 0. The average molecular weight is 282 g/mol. The highest BCUT2D eigenvalue weighted by Crippen LogP contribution is 2.12. The second kappa shape index (κ2) is 7.14. The van der Waals surface area contributed by atoms with Crippen molar-refractivity contribution >= 4 is 5.78 Å². The summed E-state index contributed by atoms with van der Waals surface area (Å²) in [7, 11) is 0. The number of benzene rings is 1. The van der Waals surface area contributed by atoms with Crippen LogP contribution in [0.3, 0.4) is 0 Å². The molecule has 0 fully saturated rings. The van der Waals surface area contributed by atoms with E-state index in [9.17, 15) is 4.79 Å². The maximum Gasteiger partial charge on any atom is 0.176 e. The number of Topliss-reactive ketones (excluding diaryl/α,β-unsaturated/α-hetero) is 1. The van der Waals surface area contributed by atoms with Crippen molar-refractivity contribution in [1.29, 1.82) is 0 Å². The van der Waals surface area contributed by atoms with E-state index in [0.717, 1.165) is 24.2 Å². The number of likely N-dealkylation sites (N-methyl/N-ethyl adjacent to an activating group) is 1. The molecule has 0 aliphatic rings. The lowest BCUT2D eigenvalue weighted by molar-refractivity contribution is 0.0929. The summed E-state index contributed by atoms with van der Waals surface area (Å²) < 4.78 is 0. The normalized spacial score (nSPS) is 10.9. The van der Waals surface area contributed by atoms with Crippen LogP contribution in [0.2, 0.25) is 0 Å². The molecule has 0 saturated heterocycles. The molecule has 2 rings (SSSR count). The van der Waals surface area contributed by atoms with Gasteiger partial charge in [-0.3, -0.25) is 14.7 Å². The number of hydrogen-bond acceptors (Lipinski definition) is 3. The Morgan fingerprint density at radius 1 is 1.10 bits per heavy atom. The zero-order valence-electron chi connectivity index (χ0n) is 13.0. The molecule has 1 heterocycles. The van der Waals surface area contributed by atoms with Crippen LogP contribution in [-0.2, 0) is 6.54 Å². The van der Waals surface area contributed by atoms with Crippen LogP contribution >= 0.6 is 0 Å². The van der Waals surface area contributed by atoms with Crippen molar-refractivity contribution < 1.29 is 4.79 Å². The minimum atomic E-state index is 0.175. The van der Waals surface area contributed by atoms with Gasteiger partial charge in [0.15, 0.2) is 5.78 Å². The molecule has 110 valence electrons. The average Bonchev–Trinajstić information content (AvgIpc) is 2.50. The first-order valence-electron chi connectivity index (χ1n) is 7.32. The Morgan fingerprint density at radius 2 is 1.81 bits per heavy atom. The third-order valence-corrected chi connectivity index (χ3v) is 3.80. The molecular formula is C18H22N2O. The first kappa shape index (κ1) is 15.4. The molecule has 3 heteroatoms. The summed E-state index contributed by atoms with van der Waals surface area (Å²) in [5, 5.41) is 0. The van der Waals surface area contributed by atoms with Crippen molar-refractivity contribution in [1.82, 2.24) is 9.88 Å². The molecule has 3 nitrogen and oxygen atoms in total. The van der Waals surface area contributed by atoms with E-state index in [4.69, 9.17) is 0 Å². The van der Waals surface area contributed by atoms with Gasteiger partial charge in [-0.2, -0.15) is 0 Å². The Morgan fingerprint density at radius 3 is 2.43 bits per heavy atom. The standard InChI is InChI=1S/C18H22N2O/c1-4-20(12-16-7-9-19-10-8-16)13-18(21)17-6-5-14(2)15(3)11-17/h5-11H,4,12-13H2,1-3H3. The number of ketones is 1. The van der Waals surface area contributed by atoms with Gasteiger partial charge in [-0.1, -0.05) is 19.1 Å². The predicted molar refractivity (Wildman–Crippen MR) is 85.4 cm³/mol. The van der Waals surface area contributed by atoms with Crippen LogP contribution in [-0.4, -0.2) is 28.8 Å². The zero-order chi connectivity index (χ0) is 15.2. The van der Waals surface area contributed by atoms with Gasteiger partial charge in [-0.15, -0.1) is 0 Å². The Labute approximate surface area is 126 Å². The maximum atomic E-state index is 12.4. The molecule has 0 aliphatic heterocycles. The van der Waals surface area contributed by atoms with Crippen molar-refractivity contribution in [3.8, 4) is 0 Å². The van der Waals surface area contributed by atoms with Gasteiger partial charge in [0.2, 0.25) is 0 Å². The Hall–Kier alpha value is -2.00. The first-order valence-corrected chi connectivity index (χ1v) is 7.32. The minimum Gasteiger partial charge on any atom is -0.293 e. The van der Waals surface area contributed by atoms with Gasteiger partial charge in [0.05, 0.1) is 6.54 Å². The third kappa shape index (κ3) is 4.23. The van der Waals surface area contributed by atoms with Crippen LogP contribution in [0.5, 0.6) is 0 Å².